The normalized spacial score (nSPS) is 20.1. The Balaban J connectivity index is 2.49. The lowest BCUT2D eigenvalue weighted by Crippen LogP contribution is -2.17. The molecule has 1 atom stereocenters. The molecule has 0 saturated heterocycles. The van der Waals surface area contributed by atoms with E-state index in [1.54, 1.807) is 18.2 Å². The van der Waals surface area contributed by atoms with E-state index in [9.17, 15) is 9.90 Å². The van der Waals surface area contributed by atoms with Crippen molar-refractivity contribution in [2.24, 2.45) is 0 Å². The minimum atomic E-state index is -0.795. The van der Waals surface area contributed by atoms with Crippen molar-refractivity contribution in [3.63, 3.8) is 0 Å². The van der Waals surface area contributed by atoms with Crippen LogP contribution in [0.4, 0.5) is 0 Å². The van der Waals surface area contributed by atoms with Gasteiger partial charge in [-0.25, -0.2) is 0 Å². The maximum atomic E-state index is 10.9. The molecule has 3 nitrogen and oxygen atoms in total. The Bertz CT molecular complexity index is 371. The second-order valence-corrected chi connectivity index (χ2v) is 3.63. The highest BCUT2D eigenvalue weighted by Crippen LogP contribution is 2.35. The molecule has 0 saturated carbocycles. The number of hydrogen-bond acceptors (Lipinski definition) is 2. The number of benzene rings is 1. The average molecular weight is 192 g/mol. The van der Waals surface area contributed by atoms with Crippen molar-refractivity contribution in [3.8, 4) is 5.75 Å². The molecule has 74 valence electrons. The summed E-state index contributed by atoms with van der Waals surface area (Å²) in [5, 5.41) is 18.6. The zero-order valence-corrected chi connectivity index (χ0v) is 7.73. The van der Waals surface area contributed by atoms with E-state index in [4.69, 9.17) is 5.11 Å². The van der Waals surface area contributed by atoms with Crippen molar-refractivity contribution < 1.29 is 15.0 Å². The Morgan fingerprint density at radius 2 is 2.21 bits per heavy atom. The quantitative estimate of drug-likeness (QED) is 0.714. The van der Waals surface area contributed by atoms with Gasteiger partial charge in [0.2, 0.25) is 0 Å². The van der Waals surface area contributed by atoms with Crippen LogP contribution in [0.5, 0.6) is 5.75 Å². The number of aromatic hydroxyl groups is 1. The lowest BCUT2D eigenvalue weighted by atomic mass is 9.82. The molecule has 2 rings (SSSR count). The van der Waals surface area contributed by atoms with Gasteiger partial charge in [0.05, 0.1) is 5.92 Å². The van der Waals surface area contributed by atoms with Crippen LogP contribution in [-0.4, -0.2) is 16.2 Å². The summed E-state index contributed by atoms with van der Waals surface area (Å²) >= 11 is 0. The van der Waals surface area contributed by atoms with E-state index in [0.717, 1.165) is 24.0 Å². The number of rotatable bonds is 1. The molecule has 0 aromatic heterocycles. The fraction of sp³-hybridized carbons (Fsp3) is 0.364. The third kappa shape index (κ3) is 1.35. The van der Waals surface area contributed by atoms with Gasteiger partial charge >= 0.3 is 5.97 Å². The number of carbonyl (C=O) groups is 1. The molecule has 0 radical (unpaired) electrons. The molecule has 0 bridgehead atoms. The van der Waals surface area contributed by atoms with E-state index in [1.807, 2.05) is 0 Å². The van der Waals surface area contributed by atoms with Gasteiger partial charge < -0.3 is 10.2 Å². The zero-order chi connectivity index (χ0) is 10.1. The van der Waals surface area contributed by atoms with Gasteiger partial charge in [0.1, 0.15) is 5.75 Å². The number of carboxylic acid groups (broad SMARTS) is 1. The van der Waals surface area contributed by atoms with Gasteiger partial charge in [-0.05, 0) is 36.5 Å². The molecule has 0 amide bonds. The monoisotopic (exact) mass is 192 g/mol. The van der Waals surface area contributed by atoms with Crippen molar-refractivity contribution in [2.45, 2.75) is 25.2 Å². The van der Waals surface area contributed by atoms with Crippen LogP contribution in [0.25, 0.3) is 0 Å². The van der Waals surface area contributed by atoms with Gasteiger partial charge in [-0.2, -0.15) is 0 Å². The van der Waals surface area contributed by atoms with E-state index in [2.05, 4.69) is 0 Å². The summed E-state index contributed by atoms with van der Waals surface area (Å²) in [6.45, 7) is 0. The van der Waals surface area contributed by atoms with Crippen molar-refractivity contribution in [2.75, 3.05) is 0 Å². The number of phenols is 1. The molecule has 1 aliphatic carbocycles. The minimum absolute atomic E-state index is 0.230. The molecular formula is C11H12O3. The van der Waals surface area contributed by atoms with Crippen LogP contribution in [0.15, 0.2) is 18.2 Å². The second kappa shape index (κ2) is 3.33. The van der Waals surface area contributed by atoms with Crippen LogP contribution in [0.2, 0.25) is 0 Å². The average Bonchev–Trinajstić information content (AvgIpc) is 2.17. The summed E-state index contributed by atoms with van der Waals surface area (Å²) in [6, 6.07) is 5.12. The predicted octanol–water partition coefficient (Wildman–Crippen LogP) is 1.90. The van der Waals surface area contributed by atoms with Crippen molar-refractivity contribution in [3.05, 3.63) is 29.3 Å². The molecule has 0 heterocycles. The third-order valence-electron chi connectivity index (χ3n) is 2.78. The Morgan fingerprint density at radius 3 is 2.93 bits per heavy atom. The number of aliphatic carboxylic acids is 1. The maximum Gasteiger partial charge on any atom is 0.310 e. The smallest absolute Gasteiger partial charge is 0.310 e. The third-order valence-corrected chi connectivity index (χ3v) is 2.78. The highest BCUT2D eigenvalue weighted by atomic mass is 16.4. The standard InChI is InChI=1S/C11H12O3/c12-10-6-2-3-7-8(10)4-1-5-9(7)11(13)14/h2-3,6,9,12H,1,4-5H2,(H,13,14)/t9-/m0/s1. The van der Waals surface area contributed by atoms with Gasteiger partial charge in [0.15, 0.2) is 0 Å². The number of hydrogen-bond donors (Lipinski definition) is 2. The summed E-state index contributed by atoms with van der Waals surface area (Å²) in [4.78, 5) is 10.9. The highest BCUT2D eigenvalue weighted by Gasteiger charge is 2.27. The first-order chi connectivity index (χ1) is 6.70. The summed E-state index contributed by atoms with van der Waals surface area (Å²) in [5.74, 6) is -1.00. The Labute approximate surface area is 82.0 Å². The zero-order valence-electron chi connectivity index (χ0n) is 7.73. The maximum absolute atomic E-state index is 10.9. The number of fused-ring (bicyclic) bond motifs is 1. The Morgan fingerprint density at radius 1 is 1.43 bits per heavy atom. The molecule has 14 heavy (non-hydrogen) atoms. The summed E-state index contributed by atoms with van der Waals surface area (Å²) < 4.78 is 0. The van der Waals surface area contributed by atoms with Crippen molar-refractivity contribution in [1.29, 1.82) is 0 Å². The minimum Gasteiger partial charge on any atom is -0.508 e. The highest BCUT2D eigenvalue weighted by molar-refractivity contribution is 5.77. The molecule has 2 N–H and O–H groups in total. The van der Waals surface area contributed by atoms with E-state index < -0.39 is 11.9 Å². The molecule has 1 aromatic rings. The van der Waals surface area contributed by atoms with Crippen LogP contribution in [0.3, 0.4) is 0 Å². The number of carboxylic acids is 1. The molecule has 0 spiro atoms. The van der Waals surface area contributed by atoms with E-state index in [-0.39, 0.29) is 5.75 Å². The topological polar surface area (TPSA) is 57.5 Å². The lowest BCUT2D eigenvalue weighted by Gasteiger charge is -2.22. The van der Waals surface area contributed by atoms with Crippen LogP contribution >= 0.6 is 0 Å². The fourth-order valence-corrected chi connectivity index (χ4v) is 2.09. The Hall–Kier alpha value is -1.51. The second-order valence-electron chi connectivity index (χ2n) is 3.63. The molecular weight excluding hydrogens is 180 g/mol. The molecule has 1 aliphatic rings. The predicted molar refractivity (Wildman–Crippen MR) is 51.4 cm³/mol. The van der Waals surface area contributed by atoms with Crippen LogP contribution in [-0.2, 0) is 11.2 Å². The van der Waals surface area contributed by atoms with Gasteiger partial charge in [-0.1, -0.05) is 12.1 Å². The van der Waals surface area contributed by atoms with Gasteiger partial charge in [0.25, 0.3) is 0 Å². The fourth-order valence-electron chi connectivity index (χ4n) is 2.09. The molecule has 3 heteroatoms. The van der Waals surface area contributed by atoms with E-state index in [0.29, 0.717) is 6.42 Å². The van der Waals surface area contributed by atoms with Crippen molar-refractivity contribution in [1.82, 2.24) is 0 Å². The van der Waals surface area contributed by atoms with E-state index >= 15 is 0 Å². The number of phenolic OH excluding ortho intramolecular Hbond substituents is 1. The first-order valence-electron chi connectivity index (χ1n) is 4.73. The molecule has 0 aliphatic heterocycles. The lowest BCUT2D eigenvalue weighted by molar-refractivity contribution is -0.139. The first kappa shape index (κ1) is 9.06. The van der Waals surface area contributed by atoms with Gasteiger partial charge in [-0.3, -0.25) is 4.79 Å². The summed E-state index contributed by atoms with van der Waals surface area (Å²) in [6.07, 6.45) is 2.29. The summed E-state index contributed by atoms with van der Waals surface area (Å²) in [7, 11) is 0. The molecule has 0 unspecified atom stereocenters. The van der Waals surface area contributed by atoms with Crippen molar-refractivity contribution >= 4 is 5.97 Å². The van der Waals surface area contributed by atoms with Gasteiger partial charge in [-0.15, -0.1) is 0 Å². The largest absolute Gasteiger partial charge is 0.508 e. The van der Waals surface area contributed by atoms with Crippen LogP contribution in [0.1, 0.15) is 29.9 Å². The molecule has 0 fully saturated rings. The molecule has 1 aromatic carbocycles. The Kier molecular flexibility index (Phi) is 2.15. The summed E-state index contributed by atoms with van der Waals surface area (Å²) in [5.41, 5.74) is 1.59. The van der Waals surface area contributed by atoms with Gasteiger partial charge in [0, 0.05) is 0 Å². The van der Waals surface area contributed by atoms with E-state index in [1.165, 1.54) is 0 Å². The first-order valence-corrected chi connectivity index (χ1v) is 4.73. The van der Waals surface area contributed by atoms with Crippen LogP contribution in [0, 0.1) is 0 Å². The SMILES string of the molecule is O=C(O)[C@H]1CCCc2c(O)cccc21. The van der Waals surface area contributed by atoms with Crippen LogP contribution < -0.4 is 0 Å².